The second-order valence-electron chi connectivity index (χ2n) is 7.71. The lowest BCUT2D eigenvalue weighted by Crippen LogP contribution is -2.35. The fourth-order valence-electron chi connectivity index (χ4n) is 4.23. The van der Waals surface area contributed by atoms with E-state index in [0.29, 0.717) is 26.1 Å². The molecule has 0 amide bonds. The van der Waals surface area contributed by atoms with Crippen LogP contribution < -0.4 is 0 Å². The lowest BCUT2D eigenvalue weighted by Gasteiger charge is -2.32. The van der Waals surface area contributed by atoms with Gasteiger partial charge in [0.25, 0.3) is 0 Å². The van der Waals surface area contributed by atoms with Crippen LogP contribution in [0.25, 0.3) is 12.2 Å². The normalized spacial score (nSPS) is 23.7. The van der Waals surface area contributed by atoms with Crippen molar-refractivity contribution in [2.45, 2.75) is 24.0 Å². The fourth-order valence-corrected chi connectivity index (χ4v) is 4.23. The van der Waals surface area contributed by atoms with E-state index in [-0.39, 0.29) is 13.2 Å². The predicted molar refractivity (Wildman–Crippen MR) is 118 cm³/mol. The van der Waals surface area contributed by atoms with Gasteiger partial charge >= 0.3 is 0 Å². The minimum atomic E-state index is -0.967. The molecule has 0 spiro atoms. The van der Waals surface area contributed by atoms with Gasteiger partial charge in [-0.2, -0.15) is 0 Å². The highest BCUT2D eigenvalue weighted by Gasteiger charge is 2.36. The molecule has 0 saturated carbocycles. The smallest absolute Gasteiger partial charge is 0.156 e. The SMILES string of the molecule is O=CC1(OCCOCCOC2(C=O)CC=Cc3ccccc32)CC=Cc2ccccc21. The zero-order valence-electron chi connectivity index (χ0n) is 17.4. The first kappa shape index (κ1) is 21.4. The first-order valence-corrected chi connectivity index (χ1v) is 10.5. The van der Waals surface area contributed by atoms with E-state index in [9.17, 15) is 9.59 Å². The molecule has 2 atom stereocenters. The second-order valence-corrected chi connectivity index (χ2v) is 7.71. The standard InChI is InChI=1S/C26H26O5/c27-19-25(13-5-9-21-7-1-3-11-23(21)25)30-17-15-29-16-18-31-26(20-28)14-6-10-22-8-2-4-12-24(22)26/h1-12,19-20H,13-18H2. The molecule has 0 aliphatic heterocycles. The van der Waals surface area contributed by atoms with Crippen LogP contribution in [0.3, 0.4) is 0 Å². The Morgan fingerprint density at radius 2 is 1.13 bits per heavy atom. The van der Waals surface area contributed by atoms with Gasteiger partial charge < -0.3 is 14.2 Å². The third-order valence-corrected chi connectivity index (χ3v) is 5.83. The summed E-state index contributed by atoms with van der Waals surface area (Å²) in [5.74, 6) is 0. The Labute approximate surface area is 182 Å². The van der Waals surface area contributed by atoms with Gasteiger partial charge in [-0.05, 0) is 22.3 Å². The van der Waals surface area contributed by atoms with Crippen LogP contribution in [0, 0.1) is 0 Å². The molecule has 2 unspecified atom stereocenters. The summed E-state index contributed by atoms with van der Waals surface area (Å²) in [6, 6.07) is 15.5. The summed E-state index contributed by atoms with van der Waals surface area (Å²) in [5, 5.41) is 0. The molecule has 0 saturated heterocycles. The van der Waals surface area contributed by atoms with Gasteiger partial charge in [-0.15, -0.1) is 0 Å². The molecular formula is C26H26O5. The molecule has 2 aliphatic carbocycles. The van der Waals surface area contributed by atoms with Crippen LogP contribution in [0.1, 0.15) is 35.1 Å². The van der Waals surface area contributed by atoms with E-state index >= 15 is 0 Å². The van der Waals surface area contributed by atoms with Crippen molar-refractivity contribution in [2.75, 3.05) is 26.4 Å². The third kappa shape index (κ3) is 4.30. The minimum absolute atomic E-state index is 0.283. The highest BCUT2D eigenvalue weighted by molar-refractivity contribution is 5.74. The largest absolute Gasteiger partial charge is 0.377 e. The first-order chi connectivity index (χ1) is 15.2. The van der Waals surface area contributed by atoms with Gasteiger partial charge in [-0.3, -0.25) is 9.59 Å². The first-order valence-electron chi connectivity index (χ1n) is 10.5. The lowest BCUT2D eigenvalue weighted by molar-refractivity contribution is -0.139. The lowest BCUT2D eigenvalue weighted by atomic mass is 9.84. The van der Waals surface area contributed by atoms with E-state index in [0.717, 1.165) is 34.8 Å². The highest BCUT2D eigenvalue weighted by atomic mass is 16.6. The van der Waals surface area contributed by atoms with Crippen molar-refractivity contribution in [3.05, 3.63) is 82.9 Å². The van der Waals surface area contributed by atoms with Crippen molar-refractivity contribution < 1.29 is 23.8 Å². The van der Waals surface area contributed by atoms with Gasteiger partial charge in [0.15, 0.2) is 23.8 Å². The summed E-state index contributed by atoms with van der Waals surface area (Å²) >= 11 is 0. The van der Waals surface area contributed by atoms with Crippen LogP contribution in [-0.2, 0) is 35.0 Å². The van der Waals surface area contributed by atoms with Crippen molar-refractivity contribution in [1.82, 2.24) is 0 Å². The molecule has 160 valence electrons. The zero-order chi connectivity index (χ0) is 21.6. The summed E-state index contributed by atoms with van der Waals surface area (Å²) in [5.41, 5.74) is 1.82. The molecule has 0 fully saturated rings. The van der Waals surface area contributed by atoms with Crippen LogP contribution in [0.2, 0.25) is 0 Å². The molecule has 0 heterocycles. The fraction of sp³-hybridized carbons (Fsp3) is 0.308. The maximum absolute atomic E-state index is 11.9. The Morgan fingerprint density at radius 1 is 0.677 bits per heavy atom. The number of aldehydes is 2. The van der Waals surface area contributed by atoms with Crippen molar-refractivity contribution in [3.63, 3.8) is 0 Å². The Balaban J connectivity index is 1.26. The topological polar surface area (TPSA) is 61.8 Å². The maximum Gasteiger partial charge on any atom is 0.156 e. The van der Waals surface area contributed by atoms with E-state index in [1.165, 1.54) is 0 Å². The van der Waals surface area contributed by atoms with Gasteiger partial charge in [-0.25, -0.2) is 0 Å². The van der Waals surface area contributed by atoms with Crippen molar-refractivity contribution in [3.8, 4) is 0 Å². The van der Waals surface area contributed by atoms with Gasteiger partial charge in [-0.1, -0.05) is 72.8 Å². The third-order valence-electron chi connectivity index (χ3n) is 5.83. The summed E-state index contributed by atoms with van der Waals surface area (Å²) in [6.07, 6.45) is 10.7. The summed E-state index contributed by atoms with van der Waals surface area (Å²) in [7, 11) is 0. The summed E-state index contributed by atoms with van der Waals surface area (Å²) in [4.78, 5) is 23.8. The molecule has 5 heteroatoms. The van der Waals surface area contributed by atoms with E-state index in [1.54, 1.807) is 0 Å². The van der Waals surface area contributed by atoms with Gasteiger partial charge in [0.2, 0.25) is 0 Å². The van der Waals surface area contributed by atoms with Gasteiger partial charge in [0.1, 0.15) is 0 Å². The van der Waals surface area contributed by atoms with Gasteiger partial charge in [0, 0.05) is 12.8 Å². The Kier molecular flexibility index (Phi) is 6.56. The molecule has 0 radical (unpaired) electrons. The van der Waals surface area contributed by atoms with E-state index < -0.39 is 11.2 Å². The predicted octanol–water partition coefficient (Wildman–Crippen LogP) is 4.06. The molecule has 4 rings (SSSR count). The monoisotopic (exact) mass is 418 g/mol. The second kappa shape index (κ2) is 9.52. The molecule has 0 bridgehead atoms. The van der Waals surface area contributed by atoms with Crippen LogP contribution >= 0.6 is 0 Å². The maximum atomic E-state index is 11.9. The van der Waals surface area contributed by atoms with Crippen molar-refractivity contribution in [1.29, 1.82) is 0 Å². The average molecular weight is 418 g/mol. The van der Waals surface area contributed by atoms with Crippen LogP contribution in [0.4, 0.5) is 0 Å². The van der Waals surface area contributed by atoms with Crippen molar-refractivity contribution in [2.24, 2.45) is 0 Å². The Bertz CT molecular complexity index is 915. The minimum Gasteiger partial charge on any atom is -0.377 e. The van der Waals surface area contributed by atoms with E-state index in [1.807, 2.05) is 72.8 Å². The number of benzene rings is 2. The van der Waals surface area contributed by atoms with Crippen molar-refractivity contribution >= 4 is 24.7 Å². The van der Waals surface area contributed by atoms with E-state index in [2.05, 4.69) is 0 Å². The Hall–Kier alpha value is -2.86. The average Bonchev–Trinajstić information content (AvgIpc) is 2.83. The molecule has 2 aliphatic rings. The van der Waals surface area contributed by atoms with Crippen LogP contribution in [0.5, 0.6) is 0 Å². The van der Waals surface area contributed by atoms with E-state index in [4.69, 9.17) is 14.2 Å². The summed E-state index contributed by atoms with van der Waals surface area (Å²) < 4.78 is 17.6. The molecule has 31 heavy (non-hydrogen) atoms. The summed E-state index contributed by atoms with van der Waals surface area (Å²) in [6.45, 7) is 1.22. The van der Waals surface area contributed by atoms with Crippen LogP contribution in [0.15, 0.2) is 60.7 Å². The molecule has 5 nitrogen and oxygen atoms in total. The number of rotatable bonds is 10. The quantitative estimate of drug-likeness (QED) is 0.430. The Morgan fingerprint density at radius 3 is 1.58 bits per heavy atom. The van der Waals surface area contributed by atoms with Gasteiger partial charge in [0.05, 0.1) is 26.4 Å². The highest BCUT2D eigenvalue weighted by Crippen LogP contribution is 2.36. The number of carbonyl (C=O) groups is 2. The molecular weight excluding hydrogens is 392 g/mol. The number of hydrogen-bond donors (Lipinski definition) is 0. The molecule has 2 aromatic rings. The number of fused-ring (bicyclic) bond motifs is 2. The zero-order valence-corrected chi connectivity index (χ0v) is 17.4. The number of carbonyl (C=O) groups excluding carboxylic acids is 2. The molecule has 0 aromatic heterocycles. The molecule has 2 aromatic carbocycles. The van der Waals surface area contributed by atoms with Crippen LogP contribution in [-0.4, -0.2) is 39.0 Å². The number of hydrogen-bond acceptors (Lipinski definition) is 5. The number of ether oxygens (including phenoxy) is 3. The molecule has 0 N–H and O–H groups in total.